The minimum atomic E-state index is -0.0897. The van der Waals surface area contributed by atoms with Crippen molar-refractivity contribution in [3.63, 3.8) is 0 Å². The minimum absolute atomic E-state index is 0.0897. The number of aromatic nitrogens is 2. The number of nitrogens with one attached hydrogen (secondary N) is 1. The van der Waals surface area contributed by atoms with Gasteiger partial charge in [-0.15, -0.1) is 11.3 Å². The van der Waals surface area contributed by atoms with Gasteiger partial charge in [0.25, 0.3) is 5.56 Å². The van der Waals surface area contributed by atoms with Gasteiger partial charge in [-0.25, -0.2) is 4.98 Å². The Balaban J connectivity index is 1.35. The van der Waals surface area contributed by atoms with Crippen molar-refractivity contribution in [2.75, 3.05) is 27.4 Å². The van der Waals surface area contributed by atoms with Crippen LogP contribution in [0, 0.1) is 5.92 Å². The number of hydrogen-bond acceptors (Lipinski definition) is 7. The maximum Gasteiger partial charge on any atom is 0.260 e. The molecule has 1 aliphatic rings. The van der Waals surface area contributed by atoms with E-state index in [0.717, 1.165) is 46.5 Å². The van der Waals surface area contributed by atoms with E-state index in [-0.39, 0.29) is 5.56 Å². The first kappa shape index (κ1) is 24.6. The summed E-state index contributed by atoms with van der Waals surface area (Å²) in [6.07, 6.45) is 3.06. The van der Waals surface area contributed by atoms with Gasteiger partial charge in [-0.1, -0.05) is 6.92 Å². The van der Waals surface area contributed by atoms with Gasteiger partial charge in [0.15, 0.2) is 11.5 Å². The van der Waals surface area contributed by atoms with Crippen molar-refractivity contribution in [1.29, 1.82) is 0 Å². The second-order valence-electron chi connectivity index (χ2n) is 8.81. The lowest BCUT2D eigenvalue weighted by molar-refractivity contribution is 0.210. The van der Waals surface area contributed by atoms with Crippen LogP contribution in [-0.4, -0.2) is 37.4 Å². The number of benzene rings is 2. The molecule has 0 radical (unpaired) electrons. The lowest BCUT2D eigenvalue weighted by Crippen LogP contribution is -2.13. The highest BCUT2D eigenvalue weighted by Gasteiger charge is 2.23. The summed E-state index contributed by atoms with van der Waals surface area (Å²) in [5.74, 6) is 3.74. The summed E-state index contributed by atoms with van der Waals surface area (Å²) in [5, 5.41) is 0.744. The number of aryl methyl sites for hydroxylation is 1. The van der Waals surface area contributed by atoms with Crippen LogP contribution in [0.15, 0.2) is 45.7 Å². The topological polar surface area (TPSA) is 82.7 Å². The summed E-state index contributed by atoms with van der Waals surface area (Å²) < 4.78 is 23.2. The molecule has 188 valence electrons. The highest BCUT2D eigenvalue weighted by Crippen LogP contribution is 2.40. The van der Waals surface area contributed by atoms with Crippen LogP contribution in [0.25, 0.3) is 21.6 Å². The third-order valence-corrected chi connectivity index (χ3v) is 8.06. The summed E-state index contributed by atoms with van der Waals surface area (Å²) >= 11 is 5.23. The second-order valence-corrected chi connectivity index (χ2v) is 10.7. The Labute approximate surface area is 221 Å². The average molecular weight is 571 g/mol. The highest BCUT2D eigenvalue weighted by atomic mass is 79.9. The first-order valence-electron chi connectivity index (χ1n) is 11.8. The molecule has 4 aromatic rings. The molecule has 2 aromatic carbocycles. The number of rotatable bonds is 8. The zero-order valence-electron chi connectivity index (χ0n) is 20.4. The molecule has 1 N–H and O–H groups in total. The Bertz CT molecular complexity index is 1450. The molecule has 36 heavy (non-hydrogen) atoms. The molecule has 0 aliphatic heterocycles. The Kier molecular flexibility index (Phi) is 7.20. The molecule has 0 saturated heterocycles. The maximum atomic E-state index is 13.0. The molecule has 0 fully saturated rings. The van der Waals surface area contributed by atoms with Crippen molar-refractivity contribution in [3.05, 3.63) is 61.7 Å². The zero-order valence-corrected chi connectivity index (χ0v) is 22.8. The fraction of sp³-hybridized carbons (Fsp3) is 0.333. The van der Waals surface area contributed by atoms with Gasteiger partial charge >= 0.3 is 0 Å². The van der Waals surface area contributed by atoms with Crippen LogP contribution in [0.1, 0.15) is 23.8 Å². The van der Waals surface area contributed by atoms with Crippen molar-refractivity contribution in [3.8, 4) is 34.4 Å². The van der Waals surface area contributed by atoms with Crippen molar-refractivity contribution in [2.45, 2.75) is 26.2 Å². The number of aromatic amines is 1. The van der Waals surface area contributed by atoms with Crippen LogP contribution in [0.2, 0.25) is 0 Å². The van der Waals surface area contributed by atoms with E-state index in [2.05, 4.69) is 27.8 Å². The van der Waals surface area contributed by atoms with Gasteiger partial charge in [0.1, 0.15) is 35.4 Å². The quantitative estimate of drug-likeness (QED) is 0.261. The number of ether oxygens (including phenoxy) is 4. The first-order valence-corrected chi connectivity index (χ1v) is 13.4. The smallest absolute Gasteiger partial charge is 0.260 e. The number of nitrogens with zero attached hydrogens (tertiary/aromatic N) is 1. The van der Waals surface area contributed by atoms with Crippen LogP contribution >= 0.6 is 27.3 Å². The fourth-order valence-corrected chi connectivity index (χ4v) is 6.40. The molecule has 2 aromatic heterocycles. The largest absolute Gasteiger partial charge is 0.497 e. The number of H-pyrrole nitrogens is 1. The molecular weight excluding hydrogens is 544 g/mol. The molecule has 1 unspecified atom stereocenters. The predicted octanol–water partition coefficient (Wildman–Crippen LogP) is 6.01. The molecular formula is C27H27BrN2O5S. The van der Waals surface area contributed by atoms with E-state index in [1.807, 2.05) is 36.4 Å². The number of thiophene rings is 1. The Morgan fingerprint density at radius 1 is 1.08 bits per heavy atom. The predicted molar refractivity (Wildman–Crippen MR) is 145 cm³/mol. The van der Waals surface area contributed by atoms with Gasteiger partial charge in [0.05, 0.1) is 24.1 Å². The molecule has 2 heterocycles. The fourth-order valence-electron chi connectivity index (χ4n) is 4.46. The van der Waals surface area contributed by atoms with Gasteiger partial charge in [-0.3, -0.25) is 4.79 Å². The normalized spacial score (nSPS) is 14.9. The van der Waals surface area contributed by atoms with Crippen molar-refractivity contribution < 1.29 is 18.9 Å². The third kappa shape index (κ3) is 4.95. The van der Waals surface area contributed by atoms with E-state index in [0.29, 0.717) is 40.9 Å². The van der Waals surface area contributed by atoms with Gasteiger partial charge in [0.2, 0.25) is 0 Å². The van der Waals surface area contributed by atoms with Crippen molar-refractivity contribution >= 4 is 37.5 Å². The summed E-state index contributed by atoms with van der Waals surface area (Å²) in [5.41, 5.74) is 1.82. The SMILES string of the molecule is COc1ccc(OCCOc2c(Br)cc(-c3nc4sc5c(c4c(=O)[nH]3)CCC(C)C5)cc2OC)cc1. The van der Waals surface area contributed by atoms with E-state index in [1.54, 1.807) is 25.6 Å². The van der Waals surface area contributed by atoms with Crippen molar-refractivity contribution in [1.82, 2.24) is 9.97 Å². The van der Waals surface area contributed by atoms with Crippen LogP contribution in [0.3, 0.4) is 0 Å². The second kappa shape index (κ2) is 10.5. The lowest BCUT2D eigenvalue weighted by atomic mass is 9.89. The number of methoxy groups -OCH3 is 2. The molecule has 5 rings (SSSR count). The van der Waals surface area contributed by atoms with Gasteiger partial charge in [-0.2, -0.15) is 0 Å². The van der Waals surface area contributed by atoms with Crippen LogP contribution < -0.4 is 24.5 Å². The third-order valence-electron chi connectivity index (χ3n) is 6.33. The lowest BCUT2D eigenvalue weighted by Gasteiger charge is -2.17. The first-order chi connectivity index (χ1) is 17.5. The zero-order chi connectivity index (χ0) is 25.2. The molecule has 0 spiro atoms. The molecule has 0 bridgehead atoms. The Morgan fingerprint density at radius 3 is 2.58 bits per heavy atom. The summed E-state index contributed by atoms with van der Waals surface area (Å²) in [7, 11) is 3.21. The van der Waals surface area contributed by atoms with Crippen LogP contribution in [-0.2, 0) is 12.8 Å². The van der Waals surface area contributed by atoms with Gasteiger partial charge < -0.3 is 23.9 Å². The molecule has 0 saturated carbocycles. The van der Waals surface area contributed by atoms with E-state index in [4.69, 9.17) is 23.9 Å². The number of fused-ring (bicyclic) bond motifs is 3. The molecule has 1 aliphatic carbocycles. The maximum absolute atomic E-state index is 13.0. The van der Waals surface area contributed by atoms with E-state index < -0.39 is 0 Å². The highest BCUT2D eigenvalue weighted by molar-refractivity contribution is 9.10. The average Bonchev–Trinajstić information content (AvgIpc) is 3.25. The van der Waals surface area contributed by atoms with E-state index in [9.17, 15) is 4.79 Å². The molecule has 0 amide bonds. The monoisotopic (exact) mass is 570 g/mol. The van der Waals surface area contributed by atoms with E-state index in [1.165, 1.54) is 10.4 Å². The summed E-state index contributed by atoms with van der Waals surface area (Å²) in [6.45, 7) is 2.94. The van der Waals surface area contributed by atoms with Crippen LogP contribution in [0.4, 0.5) is 0 Å². The molecule has 1 atom stereocenters. The number of hydrogen-bond donors (Lipinski definition) is 1. The standard InChI is InChI=1S/C27H27BrN2O5S/c1-15-4-9-19-22(12-15)36-27-23(19)26(31)29-25(30-27)16-13-20(28)24(21(14-16)33-3)35-11-10-34-18-7-5-17(32-2)6-8-18/h5-8,13-15H,4,9-12H2,1-3H3,(H,29,30,31). The minimum Gasteiger partial charge on any atom is -0.497 e. The van der Waals surface area contributed by atoms with Gasteiger partial charge in [-0.05, 0) is 83.1 Å². The molecule has 7 nitrogen and oxygen atoms in total. The van der Waals surface area contributed by atoms with Crippen LogP contribution in [0.5, 0.6) is 23.0 Å². The summed E-state index contributed by atoms with van der Waals surface area (Å²) in [6, 6.07) is 11.1. The number of halogens is 1. The van der Waals surface area contributed by atoms with Gasteiger partial charge in [0, 0.05) is 10.4 Å². The summed E-state index contributed by atoms with van der Waals surface area (Å²) in [4.78, 5) is 22.9. The molecule has 9 heteroatoms. The van der Waals surface area contributed by atoms with E-state index >= 15 is 0 Å². The van der Waals surface area contributed by atoms with Crippen molar-refractivity contribution in [2.24, 2.45) is 5.92 Å². The Morgan fingerprint density at radius 2 is 1.83 bits per heavy atom. The Hall–Kier alpha value is -3.04.